The maximum atomic E-state index is 13.7. The van der Waals surface area contributed by atoms with Gasteiger partial charge in [-0.15, -0.1) is 0 Å². The lowest BCUT2D eigenvalue weighted by Gasteiger charge is -2.40. The van der Waals surface area contributed by atoms with E-state index in [1.54, 1.807) is 5.32 Å². The smallest absolute Gasteiger partial charge is 0.349 e. The summed E-state index contributed by atoms with van der Waals surface area (Å²) < 4.78 is 169. The highest BCUT2D eigenvalue weighted by atomic mass is 19.4. The quantitative estimate of drug-likeness (QED) is 0.354. The number of nitrogens with one attached hydrogen (secondary N) is 1. The summed E-state index contributed by atoms with van der Waals surface area (Å²) in [5.74, 6) is -38.3. The van der Waals surface area contributed by atoms with E-state index in [-0.39, 0.29) is 5.57 Å². The molecular weight excluding hydrogens is 445 g/mol. The first-order chi connectivity index (χ1) is 12.5. The Labute approximate surface area is 155 Å². The Bertz CT molecular complexity index is 623. The molecule has 0 spiro atoms. The standard InChI is InChI=1S/C14H14F13NO/c1-4-7(28-8(29)6(2)3)5-9(15,16)10(17,18)11(19,20)12(21,22)13(23,24)14(25,26)27/h7H,2,4-5H2,1,3H3,(H,28,29). The molecule has 0 fully saturated rings. The van der Waals surface area contributed by atoms with Crippen LogP contribution in [0.1, 0.15) is 26.7 Å². The molecule has 1 amide bonds. The zero-order valence-corrected chi connectivity index (χ0v) is 14.5. The Morgan fingerprint density at radius 3 is 1.48 bits per heavy atom. The lowest BCUT2D eigenvalue weighted by atomic mass is 9.90. The van der Waals surface area contributed by atoms with Gasteiger partial charge in [-0.3, -0.25) is 4.79 Å². The number of alkyl halides is 13. The Kier molecular flexibility index (Phi) is 7.39. The Morgan fingerprint density at radius 2 is 1.17 bits per heavy atom. The third-order valence-electron chi connectivity index (χ3n) is 3.72. The van der Waals surface area contributed by atoms with E-state index in [0.29, 0.717) is 0 Å². The van der Waals surface area contributed by atoms with Crippen molar-refractivity contribution in [2.45, 2.75) is 68.5 Å². The average Bonchev–Trinajstić information content (AvgIpc) is 2.51. The first kappa shape index (κ1) is 27.3. The van der Waals surface area contributed by atoms with Gasteiger partial charge in [-0.1, -0.05) is 13.5 Å². The number of hydrogen-bond donors (Lipinski definition) is 1. The van der Waals surface area contributed by atoms with Crippen LogP contribution in [-0.2, 0) is 4.79 Å². The van der Waals surface area contributed by atoms with E-state index in [4.69, 9.17) is 0 Å². The molecule has 15 heteroatoms. The zero-order valence-electron chi connectivity index (χ0n) is 14.5. The molecule has 0 rings (SSSR count). The number of amides is 1. The Hall–Kier alpha value is -1.70. The van der Waals surface area contributed by atoms with Crippen molar-refractivity contribution in [2.75, 3.05) is 0 Å². The highest BCUT2D eigenvalue weighted by Gasteiger charge is 2.90. The predicted octanol–water partition coefficient (Wildman–Crippen LogP) is 5.59. The SMILES string of the molecule is C=C(C)C(=O)NC(CC)CC(F)(F)C(F)(F)C(F)(F)C(F)(F)C(F)(F)C(F)(F)F. The fourth-order valence-corrected chi connectivity index (χ4v) is 1.85. The summed E-state index contributed by atoms with van der Waals surface area (Å²) in [6.07, 6.45) is -10.6. The summed E-state index contributed by atoms with van der Waals surface area (Å²) in [6, 6.07) is -2.06. The molecule has 0 aliphatic carbocycles. The van der Waals surface area contributed by atoms with E-state index < -0.39 is 60.6 Å². The van der Waals surface area contributed by atoms with Crippen molar-refractivity contribution < 1.29 is 61.9 Å². The zero-order chi connectivity index (χ0) is 23.9. The summed E-state index contributed by atoms with van der Waals surface area (Å²) in [5, 5.41) is 1.63. The van der Waals surface area contributed by atoms with E-state index in [9.17, 15) is 61.9 Å². The molecule has 29 heavy (non-hydrogen) atoms. The second kappa shape index (κ2) is 7.85. The molecule has 0 aliphatic rings. The van der Waals surface area contributed by atoms with Crippen molar-refractivity contribution in [3.63, 3.8) is 0 Å². The molecule has 0 aromatic rings. The minimum absolute atomic E-state index is 0.347. The molecule has 0 radical (unpaired) electrons. The molecule has 0 saturated heterocycles. The van der Waals surface area contributed by atoms with Crippen molar-refractivity contribution >= 4 is 5.91 Å². The summed E-state index contributed by atoms with van der Waals surface area (Å²) >= 11 is 0. The number of rotatable bonds is 9. The second-order valence-electron chi connectivity index (χ2n) is 6.06. The van der Waals surface area contributed by atoms with Crippen LogP contribution >= 0.6 is 0 Å². The van der Waals surface area contributed by atoms with Crippen LogP contribution in [0.5, 0.6) is 0 Å². The van der Waals surface area contributed by atoms with Gasteiger partial charge in [0.05, 0.1) is 0 Å². The summed E-state index contributed by atoms with van der Waals surface area (Å²) in [6.45, 7) is 5.06. The lowest BCUT2D eigenvalue weighted by molar-refractivity contribution is -0.440. The predicted molar refractivity (Wildman–Crippen MR) is 72.4 cm³/mol. The van der Waals surface area contributed by atoms with Crippen molar-refractivity contribution in [1.82, 2.24) is 5.32 Å². The number of halogens is 13. The van der Waals surface area contributed by atoms with Gasteiger partial charge in [0.25, 0.3) is 0 Å². The third-order valence-corrected chi connectivity index (χ3v) is 3.72. The van der Waals surface area contributed by atoms with Gasteiger partial charge in [-0.25, -0.2) is 0 Å². The molecule has 2 nitrogen and oxygen atoms in total. The van der Waals surface area contributed by atoms with Crippen LogP contribution < -0.4 is 5.32 Å². The molecule has 0 aromatic heterocycles. The van der Waals surface area contributed by atoms with Gasteiger partial charge in [0, 0.05) is 18.0 Å². The number of carbonyl (C=O) groups excluding carboxylic acids is 1. The Balaban J connectivity index is 6.09. The third kappa shape index (κ3) is 4.57. The van der Waals surface area contributed by atoms with Crippen LogP contribution in [0.15, 0.2) is 12.2 Å². The van der Waals surface area contributed by atoms with Crippen molar-refractivity contribution in [3.8, 4) is 0 Å². The fourth-order valence-electron chi connectivity index (χ4n) is 1.85. The van der Waals surface area contributed by atoms with Crippen molar-refractivity contribution in [2.24, 2.45) is 0 Å². The molecule has 1 atom stereocenters. The normalized spacial score (nSPS) is 15.8. The van der Waals surface area contributed by atoms with E-state index in [1.165, 1.54) is 0 Å². The molecule has 0 bridgehead atoms. The molecular formula is C14H14F13NO. The number of carbonyl (C=O) groups is 1. The maximum Gasteiger partial charge on any atom is 0.460 e. The molecule has 0 aliphatic heterocycles. The molecule has 0 aromatic carbocycles. The van der Waals surface area contributed by atoms with E-state index >= 15 is 0 Å². The summed E-state index contributed by atoms with van der Waals surface area (Å²) in [5.41, 5.74) is -0.347. The van der Waals surface area contributed by atoms with Gasteiger partial charge in [0.1, 0.15) is 0 Å². The van der Waals surface area contributed by atoms with E-state index in [1.807, 2.05) is 0 Å². The Morgan fingerprint density at radius 1 is 0.793 bits per heavy atom. The highest BCUT2D eigenvalue weighted by Crippen LogP contribution is 2.60. The minimum Gasteiger partial charge on any atom is -0.349 e. The largest absolute Gasteiger partial charge is 0.460 e. The lowest BCUT2D eigenvalue weighted by Crippen LogP contribution is -2.70. The fraction of sp³-hybridized carbons (Fsp3) is 0.786. The van der Waals surface area contributed by atoms with Crippen LogP contribution in [0.4, 0.5) is 57.1 Å². The van der Waals surface area contributed by atoms with Crippen molar-refractivity contribution in [1.29, 1.82) is 0 Å². The van der Waals surface area contributed by atoms with Crippen molar-refractivity contribution in [3.05, 3.63) is 12.2 Å². The number of hydrogen-bond acceptors (Lipinski definition) is 1. The van der Waals surface area contributed by atoms with Crippen LogP contribution in [0.25, 0.3) is 0 Å². The monoisotopic (exact) mass is 459 g/mol. The highest BCUT2D eigenvalue weighted by molar-refractivity contribution is 5.92. The van der Waals surface area contributed by atoms with Gasteiger partial charge in [0.15, 0.2) is 0 Å². The van der Waals surface area contributed by atoms with Gasteiger partial charge in [-0.05, 0) is 13.3 Å². The summed E-state index contributed by atoms with van der Waals surface area (Å²) in [4.78, 5) is 11.3. The maximum absolute atomic E-state index is 13.7. The topological polar surface area (TPSA) is 29.1 Å². The first-order valence-corrected chi connectivity index (χ1v) is 7.43. The van der Waals surface area contributed by atoms with Gasteiger partial charge in [0.2, 0.25) is 5.91 Å². The minimum atomic E-state index is -7.94. The average molecular weight is 459 g/mol. The van der Waals surface area contributed by atoms with Gasteiger partial charge in [-0.2, -0.15) is 57.1 Å². The van der Waals surface area contributed by atoms with Crippen LogP contribution in [-0.4, -0.2) is 47.7 Å². The molecule has 0 saturated carbocycles. The van der Waals surface area contributed by atoms with Gasteiger partial charge >= 0.3 is 35.8 Å². The second-order valence-corrected chi connectivity index (χ2v) is 6.06. The van der Waals surface area contributed by atoms with Crippen LogP contribution in [0, 0.1) is 0 Å². The van der Waals surface area contributed by atoms with E-state index in [2.05, 4.69) is 6.58 Å². The summed E-state index contributed by atoms with van der Waals surface area (Å²) in [7, 11) is 0. The molecule has 0 heterocycles. The van der Waals surface area contributed by atoms with Crippen LogP contribution in [0.2, 0.25) is 0 Å². The molecule has 1 N–H and O–H groups in total. The molecule has 1 unspecified atom stereocenters. The van der Waals surface area contributed by atoms with Gasteiger partial charge < -0.3 is 5.32 Å². The van der Waals surface area contributed by atoms with E-state index in [0.717, 1.165) is 13.8 Å². The van der Waals surface area contributed by atoms with Crippen LogP contribution in [0.3, 0.4) is 0 Å². The molecule has 172 valence electrons. The first-order valence-electron chi connectivity index (χ1n) is 7.43.